The Hall–Kier alpha value is -2.11. The molecule has 122 valence electrons. The fourth-order valence-electron chi connectivity index (χ4n) is 2.35. The zero-order chi connectivity index (χ0) is 16.9. The number of carbonyl (C=O) groups is 1. The van der Waals surface area contributed by atoms with Gasteiger partial charge in [0.05, 0.1) is 11.5 Å². The Morgan fingerprint density at radius 1 is 1.21 bits per heavy atom. The Morgan fingerprint density at radius 3 is 2.75 bits per heavy atom. The molecule has 1 N–H and O–H groups in total. The molecule has 0 bridgehead atoms. The van der Waals surface area contributed by atoms with Gasteiger partial charge in [-0.15, -0.1) is 5.10 Å². The largest absolute Gasteiger partial charge is 0.303 e. The summed E-state index contributed by atoms with van der Waals surface area (Å²) >= 11 is 7.46. The third kappa shape index (κ3) is 4.04. The van der Waals surface area contributed by atoms with E-state index < -0.39 is 0 Å². The molecule has 1 aliphatic rings. The first-order valence-electron chi connectivity index (χ1n) is 7.51. The highest BCUT2D eigenvalue weighted by atomic mass is 35.5. The maximum absolute atomic E-state index is 12.1. The number of amides is 1. The summed E-state index contributed by atoms with van der Waals surface area (Å²) in [5.41, 5.74) is 3.15. The minimum atomic E-state index is -0.180. The van der Waals surface area contributed by atoms with Crippen LogP contribution in [-0.4, -0.2) is 22.5 Å². The van der Waals surface area contributed by atoms with Crippen molar-refractivity contribution < 1.29 is 4.79 Å². The fraction of sp³-hybridized carbons (Fsp3) is 0.167. The summed E-state index contributed by atoms with van der Waals surface area (Å²) in [5, 5.41) is 11.8. The van der Waals surface area contributed by atoms with Crippen LogP contribution >= 0.6 is 23.4 Å². The Bertz CT molecular complexity index is 819. The van der Waals surface area contributed by atoms with E-state index in [9.17, 15) is 4.79 Å². The molecule has 4 nitrogen and oxygen atoms in total. The molecule has 0 aromatic heterocycles. The molecule has 1 unspecified atom stereocenters. The van der Waals surface area contributed by atoms with Gasteiger partial charge in [0.2, 0.25) is 5.91 Å². The minimum absolute atomic E-state index is 0.0325. The predicted octanol–water partition coefficient (Wildman–Crippen LogP) is 3.81. The first-order valence-corrected chi connectivity index (χ1v) is 8.77. The van der Waals surface area contributed by atoms with Crippen LogP contribution in [0.1, 0.15) is 16.7 Å². The second kappa shape index (κ2) is 7.64. The summed E-state index contributed by atoms with van der Waals surface area (Å²) < 4.78 is 0. The lowest BCUT2D eigenvalue weighted by Crippen LogP contribution is -2.26. The van der Waals surface area contributed by atoms with E-state index in [0.29, 0.717) is 16.6 Å². The number of thioether (sulfide) groups is 1. The van der Waals surface area contributed by atoms with Crippen molar-refractivity contribution >= 4 is 40.7 Å². The summed E-state index contributed by atoms with van der Waals surface area (Å²) in [6, 6.07) is 15.5. The van der Waals surface area contributed by atoms with Crippen molar-refractivity contribution in [3.05, 3.63) is 70.2 Å². The molecular weight excluding hydrogens is 342 g/mol. The molecule has 24 heavy (non-hydrogen) atoms. The van der Waals surface area contributed by atoms with E-state index >= 15 is 0 Å². The van der Waals surface area contributed by atoms with Crippen LogP contribution in [0, 0.1) is 6.92 Å². The average molecular weight is 358 g/mol. The van der Waals surface area contributed by atoms with Gasteiger partial charge in [0.25, 0.3) is 0 Å². The number of hydrogen-bond acceptors (Lipinski definition) is 4. The first-order chi connectivity index (χ1) is 11.6. The second-order valence-electron chi connectivity index (χ2n) is 5.40. The van der Waals surface area contributed by atoms with Crippen LogP contribution in [0.4, 0.5) is 0 Å². The molecule has 6 heteroatoms. The van der Waals surface area contributed by atoms with E-state index in [0.717, 1.165) is 5.56 Å². The minimum Gasteiger partial charge on any atom is -0.303 e. The molecule has 0 saturated carbocycles. The van der Waals surface area contributed by atoms with Gasteiger partial charge in [-0.05, 0) is 30.5 Å². The maximum atomic E-state index is 12.1. The number of nitrogens with one attached hydrogen (secondary N) is 1. The van der Waals surface area contributed by atoms with Crippen LogP contribution < -0.4 is 5.32 Å². The number of nitrogens with zero attached hydrogens (tertiary/aromatic N) is 2. The van der Waals surface area contributed by atoms with Crippen LogP contribution in [0.3, 0.4) is 0 Å². The summed E-state index contributed by atoms with van der Waals surface area (Å²) in [6.45, 7) is 2.05. The number of aryl methyl sites for hydroxylation is 1. The second-order valence-corrected chi connectivity index (χ2v) is 7.00. The smallest absolute Gasteiger partial charge is 0.239 e. The van der Waals surface area contributed by atoms with Crippen molar-refractivity contribution in [2.24, 2.45) is 10.2 Å². The summed E-state index contributed by atoms with van der Waals surface area (Å²) in [5.74, 6) is -0.0325. The van der Waals surface area contributed by atoms with Gasteiger partial charge < -0.3 is 5.32 Å². The highest BCUT2D eigenvalue weighted by molar-refractivity contribution is 8.15. The van der Waals surface area contributed by atoms with Crippen LogP contribution in [-0.2, 0) is 11.2 Å². The van der Waals surface area contributed by atoms with Crippen molar-refractivity contribution in [3.8, 4) is 0 Å². The molecule has 3 rings (SSSR count). The SMILES string of the molecule is Cc1ccccc1CC1S/C(=N/N=Cc2ccccc2Cl)NC1=O. The van der Waals surface area contributed by atoms with E-state index in [1.807, 2.05) is 36.4 Å². The molecule has 0 radical (unpaired) electrons. The van der Waals surface area contributed by atoms with E-state index in [4.69, 9.17) is 11.6 Å². The molecular formula is C18H16ClN3OS. The third-order valence-electron chi connectivity index (χ3n) is 3.69. The molecule has 0 aliphatic carbocycles. The molecule has 2 aromatic carbocycles. The molecule has 1 heterocycles. The molecule has 1 atom stereocenters. The van der Waals surface area contributed by atoms with Gasteiger partial charge >= 0.3 is 0 Å². The third-order valence-corrected chi connectivity index (χ3v) is 5.11. The number of rotatable bonds is 4. The van der Waals surface area contributed by atoms with Crippen LogP contribution in [0.5, 0.6) is 0 Å². The van der Waals surface area contributed by atoms with Crippen molar-refractivity contribution in [2.75, 3.05) is 0 Å². The van der Waals surface area contributed by atoms with E-state index in [1.165, 1.54) is 22.9 Å². The number of hydrogen-bond donors (Lipinski definition) is 1. The Labute approximate surface area is 150 Å². The lowest BCUT2D eigenvalue weighted by molar-refractivity contribution is -0.118. The van der Waals surface area contributed by atoms with Gasteiger partial charge in [-0.25, -0.2) is 0 Å². The summed E-state index contributed by atoms with van der Waals surface area (Å²) in [6.07, 6.45) is 2.26. The lowest BCUT2D eigenvalue weighted by atomic mass is 10.0. The Balaban J connectivity index is 1.66. The number of carbonyl (C=O) groups excluding carboxylic acids is 1. The lowest BCUT2D eigenvalue weighted by Gasteiger charge is -2.07. The Kier molecular flexibility index (Phi) is 5.33. The van der Waals surface area contributed by atoms with Gasteiger partial charge in [0.15, 0.2) is 5.17 Å². The normalized spacial score (nSPS) is 19.2. The molecule has 2 aromatic rings. The molecule has 1 amide bonds. The maximum Gasteiger partial charge on any atom is 0.239 e. The van der Waals surface area contributed by atoms with Crippen molar-refractivity contribution in [3.63, 3.8) is 0 Å². The predicted molar refractivity (Wildman–Crippen MR) is 101 cm³/mol. The zero-order valence-electron chi connectivity index (χ0n) is 13.1. The van der Waals surface area contributed by atoms with E-state index in [2.05, 4.69) is 28.5 Å². The highest BCUT2D eigenvalue weighted by Gasteiger charge is 2.30. The quantitative estimate of drug-likeness (QED) is 0.668. The number of amidine groups is 1. The van der Waals surface area contributed by atoms with Gasteiger partial charge in [-0.1, -0.05) is 65.8 Å². The molecule has 0 spiro atoms. The molecule has 1 fully saturated rings. The highest BCUT2D eigenvalue weighted by Crippen LogP contribution is 2.24. The molecule has 1 saturated heterocycles. The zero-order valence-corrected chi connectivity index (χ0v) is 14.6. The Morgan fingerprint density at radius 2 is 1.96 bits per heavy atom. The van der Waals surface area contributed by atoms with E-state index in [-0.39, 0.29) is 11.2 Å². The van der Waals surface area contributed by atoms with Crippen LogP contribution in [0.2, 0.25) is 5.02 Å². The number of halogens is 1. The topological polar surface area (TPSA) is 53.8 Å². The standard InChI is InChI=1S/C18H16ClN3OS/c1-12-6-2-3-7-13(12)10-16-17(23)21-18(24-16)22-20-11-14-8-4-5-9-15(14)19/h2-9,11,16H,10H2,1H3,(H,21,22,23). The van der Waals surface area contributed by atoms with Gasteiger partial charge in [0, 0.05) is 10.6 Å². The monoisotopic (exact) mass is 357 g/mol. The van der Waals surface area contributed by atoms with Crippen molar-refractivity contribution in [2.45, 2.75) is 18.6 Å². The van der Waals surface area contributed by atoms with Gasteiger partial charge in [-0.3, -0.25) is 4.79 Å². The number of benzene rings is 2. The summed E-state index contributed by atoms with van der Waals surface area (Å²) in [4.78, 5) is 12.1. The van der Waals surface area contributed by atoms with E-state index in [1.54, 1.807) is 12.3 Å². The summed E-state index contributed by atoms with van der Waals surface area (Å²) in [7, 11) is 0. The average Bonchev–Trinajstić information content (AvgIpc) is 2.91. The fourth-order valence-corrected chi connectivity index (χ4v) is 3.49. The van der Waals surface area contributed by atoms with Crippen molar-refractivity contribution in [1.29, 1.82) is 0 Å². The molecule has 1 aliphatic heterocycles. The van der Waals surface area contributed by atoms with Crippen molar-refractivity contribution in [1.82, 2.24) is 5.32 Å². The van der Waals surface area contributed by atoms with Gasteiger partial charge in [0.1, 0.15) is 0 Å². The first kappa shape index (κ1) is 16.7. The van der Waals surface area contributed by atoms with Crippen LogP contribution in [0.25, 0.3) is 0 Å². The van der Waals surface area contributed by atoms with Crippen LogP contribution in [0.15, 0.2) is 58.7 Å². The van der Waals surface area contributed by atoms with Gasteiger partial charge in [-0.2, -0.15) is 5.10 Å².